The summed E-state index contributed by atoms with van der Waals surface area (Å²) in [7, 11) is 0. The first kappa shape index (κ1) is 11.5. The topological polar surface area (TPSA) is 58.0 Å². The molecule has 1 atom stereocenters. The largest absolute Gasteiger partial charge is 0.506 e. The summed E-state index contributed by atoms with van der Waals surface area (Å²) in [5, 5.41) is 12.5. The highest BCUT2D eigenvalue weighted by molar-refractivity contribution is 5.18. The lowest BCUT2D eigenvalue weighted by atomic mass is 10.1. The lowest BCUT2D eigenvalue weighted by Crippen LogP contribution is -2.18. The van der Waals surface area contributed by atoms with Gasteiger partial charge in [-0.25, -0.2) is 0 Å². The number of pyridine rings is 2. The zero-order valence-electron chi connectivity index (χ0n) is 9.67. The van der Waals surface area contributed by atoms with Gasteiger partial charge in [-0.05, 0) is 36.8 Å². The Morgan fingerprint density at radius 2 is 2.00 bits per heavy atom. The van der Waals surface area contributed by atoms with Gasteiger partial charge in [0.15, 0.2) is 0 Å². The highest BCUT2D eigenvalue weighted by Gasteiger charge is 2.04. The van der Waals surface area contributed by atoms with Gasteiger partial charge in [0.2, 0.25) is 0 Å². The summed E-state index contributed by atoms with van der Waals surface area (Å²) in [6.07, 6.45) is 5.02. The quantitative estimate of drug-likeness (QED) is 0.842. The molecular formula is C13H15N3O. The lowest BCUT2D eigenvalue weighted by Gasteiger charge is -2.13. The van der Waals surface area contributed by atoms with Crippen molar-refractivity contribution in [1.29, 1.82) is 0 Å². The number of nitrogens with one attached hydrogen (secondary N) is 1. The fourth-order valence-electron chi connectivity index (χ4n) is 1.55. The smallest absolute Gasteiger partial charge is 0.133 e. The van der Waals surface area contributed by atoms with Gasteiger partial charge in [-0.15, -0.1) is 0 Å². The molecule has 0 saturated carbocycles. The van der Waals surface area contributed by atoms with Crippen LogP contribution in [0.15, 0.2) is 42.9 Å². The summed E-state index contributed by atoms with van der Waals surface area (Å²) in [4.78, 5) is 8.11. The molecule has 0 radical (unpaired) electrons. The monoisotopic (exact) mass is 229 g/mol. The Morgan fingerprint density at radius 3 is 2.65 bits per heavy atom. The van der Waals surface area contributed by atoms with Gasteiger partial charge in [0.05, 0.1) is 11.9 Å². The third-order valence-corrected chi connectivity index (χ3v) is 2.60. The van der Waals surface area contributed by atoms with Crippen molar-refractivity contribution < 1.29 is 5.11 Å². The third kappa shape index (κ3) is 3.26. The average molecular weight is 229 g/mol. The minimum absolute atomic E-state index is 0.191. The zero-order chi connectivity index (χ0) is 12.1. The second kappa shape index (κ2) is 5.41. The van der Waals surface area contributed by atoms with Crippen LogP contribution in [0.4, 0.5) is 0 Å². The predicted molar refractivity (Wildman–Crippen MR) is 65.4 cm³/mol. The van der Waals surface area contributed by atoms with Gasteiger partial charge >= 0.3 is 0 Å². The van der Waals surface area contributed by atoms with Crippen molar-refractivity contribution in [3.8, 4) is 5.75 Å². The van der Waals surface area contributed by atoms with Crippen LogP contribution >= 0.6 is 0 Å². The third-order valence-electron chi connectivity index (χ3n) is 2.60. The van der Waals surface area contributed by atoms with Gasteiger partial charge in [0, 0.05) is 25.0 Å². The summed E-state index contributed by atoms with van der Waals surface area (Å²) in [5.41, 5.74) is 2.10. The molecule has 2 rings (SSSR count). The van der Waals surface area contributed by atoms with E-state index in [2.05, 4.69) is 22.2 Å². The maximum absolute atomic E-state index is 9.12. The Hall–Kier alpha value is -1.94. The molecule has 0 aromatic carbocycles. The van der Waals surface area contributed by atoms with Crippen molar-refractivity contribution in [3.05, 3.63) is 54.1 Å². The Bertz CT molecular complexity index is 456. The second-order valence-electron chi connectivity index (χ2n) is 3.89. The lowest BCUT2D eigenvalue weighted by molar-refractivity contribution is 0.471. The molecule has 2 aromatic heterocycles. The Kier molecular flexibility index (Phi) is 3.67. The van der Waals surface area contributed by atoms with E-state index in [1.807, 2.05) is 18.2 Å². The summed E-state index contributed by atoms with van der Waals surface area (Å²) in [6.45, 7) is 2.76. The highest BCUT2D eigenvalue weighted by Crippen LogP contribution is 2.11. The number of aromatic nitrogens is 2. The minimum Gasteiger partial charge on any atom is -0.506 e. The Balaban J connectivity index is 1.92. The van der Waals surface area contributed by atoms with Gasteiger partial charge < -0.3 is 10.4 Å². The molecule has 0 spiro atoms. The van der Waals surface area contributed by atoms with E-state index in [0.717, 1.165) is 5.69 Å². The van der Waals surface area contributed by atoms with Crippen LogP contribution in [0.2, 0.25) is 0 Å². The zero-order valence-corrected chi connectivity index (χ0v) is 9.67. The summed E-state index contributed by atoms with van der Waals surface area (Å²) < 4.78 is 0. The normalized spacial score (nSPS) is 12.3. The average Bonchev–Trinajstić information content (AvgIpc) is 2.39. The number of hydrogen-bond acceptors (Lipinski definition) is 4. The molecule has 2 N–H and O–H groups in total. The fraction of sp³-hybridized carbons (Fsp3) is 0.231. The van der Waals surface area contributed by atoms with Crippen molar-refractivity contribution in [1.82, 2.24) is 15.3 Å². The Labute approximate surface area is 100 Å². The predicted octanol–water partition coefficient (Wildman–Crippen LogP) is 2.03. The molecule has 4 heteroatoms. The van der Waals surface area contributed by atoms with Crippen molar-refractivity contribution in [2.24, 2.45) is 0 Å². The molecule has 0 aliphatic rings. The van der Waals surface area contributed by atoms with Crippen molar-refractivity contribution in [3.63, 3.8) is 0 Å². The minimum atomic E-state index is 0.191. The maximum atomic E-state index is 9.12. The van der Waals surface area contributed by atoms with E-state index < -0.39 is 0 Å². The van der Waals surface area contributed by atoms with Crippen molar-refractivity contribution in [2.45, 2.75) is 19.5 Å². The van der Waals surface area contributed by atoms with E-state index in [1.54, 1.807) is 18.5 Å². The molecule has 0 fully saturated rings. The van der Waals surface area contributed by atoms with Crippen LogP contribution in [-0.2, 0) is 6.54 Å². The van der Waals surface area contributed by atoms with E-state index in [4.69, 9.17) is 5.11 Å². The number of rotatable bonds is 4. The van der Waals surface area contributed by atoms with Crippen LogP contribution in [-0.4, -0.2) is 15.1 Å². The van der Waals surface area contributed by atoms with Crippen LogP contribution in [0.25, 0.3) is 0 Å². The van der Waals surface area contributed by atoms with Crippen LogP contribution in [0.1, 0.15) is 24.2 Å². The molecule has 0 amide bonds. The summed E-state index contributed by atoms with van der Waals surface area (Å²) in [6, 6.07) is 7.67. The first-order chi connectivity index (χ1) is 8.25. The molecule has 4 nitrogen and oxygen atoms in total. The maximum Gasteiger partial charge on any atom is 0.133 e. The molecule has 0 bridgehead atoms. The van der Waals surface area contributed by atoms with Gasteiger partial charge in [-0.3, -0.25) is 9.97 Å². The van der Waals surface area contributed by atoms with E-state index in [-0.39, 0.29) is 11.8 Å². The first-order valence-corrected chi connectivity index (χ1v) is 5.53. The standard InChI is InChI=1S/C13H15N3O/c1-10(11-4-6-14-7-5-11)15-8-12-2-3-13(17)9-16-12/h2-7,9-10,15,17H,8H2,1H3/t10-/m1/s1. The van der Waals surface area contributed by atoms with Crippen LogP contribution in [0.3, 0.4) is 0 Å². The Morgan fingerprint density at radius 1 is 1.24 bits per heavy atom. The van der Waals surface area contributed by atoms with Crippen LogP contribution < -0.4 is 5.32 Å². The van der Waals surface area contributed by atoms with Gasteiger partial charge in [-0.2, -0.15) is 0 Å². The molecule has 2 heterocycles. The second-order valence-corrected chi connectivity index (χ2v) is 3.89. The van der Waals surface area contributed by atoms with E-state index in [1.165, 1.54) is 11.8 Å². The first-order valence-electron chi connectivity index (χ1n) is 5.53. The molecule has 88 valence electrons. The molecule has 2 aromatic rings. The summed E-state index contributed by atoms with van der Waals surface area (Å²) >= 11 is 0. The number of hydrogen-bond donors (Lipinski definition) is 2. The number of aromatic hydroxyl groups is 1. The van der Waals surface area contributed by atoms with Crippen LogP contribution in [0, 0.1) is 0 Å². The SMILES string of the molecule is C[C@@H](NCc1ccc(O)cn1)c1ccncc1. The van der Waals surface area contributed by atoms with Crippen LogP contribution in [0.5, 0.6) is 5.75 Å². The van der Waals surface area contributed by atoms with Crippen molar-refractivity contribution in [2.75, 3.05) is 0 Å². The van der Waals surface area contributed by atoms with E-state index in [9.17, 15) is 0 Å². The van der Waals surface area contributed by atoms with Gasteiger partial charge in [0.25, 0.3) is 0 Å². The molecule has 0 aliphatic carbocycles. The highest BCUT2D eigenvalue weighted by atomic mass is 16.3. The molecule has 0 aliphatic heterocycles. The molecule has 17 heavy (non-hydrogen) atoms. The molecule has 0 saturated heterocycles. The van der Waals surface area contributed by atoms with Gasteiger partial charge in [-0.1, -0.05) is 0 Å². The van der Waals surface area contributed by atoms with E-state index >= 15 is 0 Å². The van der Waals surface area contributed by atoms with E-state index in [0.29, 0.717) is 6.54 Å². The van der Waals surface area contributed by atoms with Gasteiger partial charge in [0.1, 0.15) is 5.75 Å². The molecular weight excluding hydrogens is 214 g/mol. The van der Waals surface area contributed by atoms with Crippen molar-refractivity contribution >= 4 is 0 Å². The fourth-order valence-corrected chi connectivity index (χ4v) is 1.55. The number of nitrogens with zero attached hydrogens (tertiary/aromatic N) is 2. The summed E-state index contributed by atoms with van der Waals surface area (Å²) in [5.74, 6) is 0.191. The molecule has 0 unspecified atom stereocenters.